The van der Waals surface area contributed by atoms with Gasteiger partial charge in [0.2, 0.25) is 11.8 Å². The number of carbonyl (C=O) groups is 1. The molecule has 6 heteroatoms. The molecule has 0 saturated heterocycles. The van der Waals surface area contributed by atoms with Crippen LogP contribution in [0.3, 0.4) is 0 Å². The number of likely N-dealkylation sites (N-methyl/N-ethyl adjacent to an activating group) is 1. The molecule has 1 N–H and O–H groups in total. The summed E-state index contributed by atoms with van der Waals surface area (Å²) in [6.45, 7) is 7.34. The lowest BCUT2D eigenvalue weighted by atomic mass is 10.4. The Balaban J connectivity index is 2.63. The molecule has 1 heterocycles. The third-order valence-corrected chi connectivity index (χ3v) is 2.56. The van der Waals surface area contributed by atoms with E-state index in [-0.39, 0.29) is 12.5 Å². The Morgan fingerprint density at radius 3 is 2.61 bits per heavy atom. The second-order valence-electron chi connectivity index (χ2n) is 3.76. The van der Waals surface area contributed by atoms with Gasteiger partial charge in [0.15, 0.2) is 0 Å². The van der Waals surface area contributed by atoms with Crippen LogP contribution in [-0.2, 0) is 4.79 Å². The predicted octanol–water partition coefficient (Wildman–Crippen LogP) is 1.07. The van der Waals surface area contributed by atoms with Crippen molar-refractivity contribution in [3.63, 3.8) is 0 Å². The number of aromatic nitrogens is 2. The molecular formula is C12H20N4O2. The molecule has 0 fully saturated rings. The molecule has 0 aliphatic rings. The zero-order chi connectivity index (χ0) is 13.5. The first-order valence-corrected chi connectivity index (χ1v) is 6.02. The minimum absolute atomic E-state index is 0.0511. The zero-order valence-corrected chi connectivity index (χ0v) is 11.4. The molecule has 100 valence electrons. The maximum Gasteiger partial charge on any atom is 0.241 e. The van der Waals surface area contributed by atoms with Crippen LogP contribution in [0.5, 0.6) is 5.88 Å². The Hall–Kier alpha value is -1.85. The van der Waals surface area contributed by atoms with Crippen molar-refractivity contribution in [3.8, 4) is 5.88 Å². The van der Waals surface area contributed by atoms with Crippen molar-refractivity contribution < 1.29 is 9.53 Å². The lowest BCUT2D eigenvalue weighted by molar-refractivity contribution is -0.128. The molecule has 0 radical (unpaired) electrons. The number of amides is 1. The fourth-order valence-electron chi connectivity index (χ4n) is 1.59. The predicted molar refractivity (Wildman–Crippen MR) is 69.7 cm³/mol. The highest BCUT2D eigenvalue weighted by Crippen LogP contribution is 2.12. The number of nitrogens with zero attached hydrogens (tertiary/aromatic N) is 3. The van der Waals surface area contributed by atoms with E-state index in [0.29, 0.717) is 30.6 Å². The van der Waals surface area contributed by atoms with Gasteiger partial charge in [-0.25, -0.2) is 4.98 Å². The van der Waals surface area contributed by atoms with Gasteiger partial charge in [-0.05, 0) is 20.8 Å². The van der Waals surface area contributed by atoms with E-state index in [1.54, 1.807) is 25.0 Å². The van der Waals surface area contributed by atoms with Crippen molar-refractivity contribution in [3.05, 3.63) is 11.9 Å². The van der Waals surface area contributed by atoms with Gasteiger partial charge >= 0.3 is 0 Å². The van der Waals surface area contributed by atoms with Crippen molar-refractivity contribution in [2.24, 2.45) is 0 Å². The van der Waals surface area contributed by atoms with Gasteiger partial charge in [0.1, 0.15) is 11.6 Å². The second-order valence-corrected chi connectivity index (χ2v) is 3.76. The number of carbonyl (C=O) groups excluding carboxylic acids is 1. The molecule has 1 aromatic rings. The van der Waals surface area contributed by atoms with Crippen LogP contribution in [0.25, 0.3) is 0 Å². The molecule has 1 rings (SSSR count). The van der Waals surface area contributed by atoms with Crippen molar-refractivity contribution in [1.29, 1.82) is 0 Å². The van der Waals surface area contributed by atoms with Crippen LogP contribution in [-0.4, -0.2) is 47.5 Å². The number of rotatable bonds is 6. The molecule has 0 aliphatic heterocycles. The molecule has 0 atom stereocenters. The van der Waals surface area contributed by atoms with E-state index in [1.807, 2.05) is 13.8 Å². The number of anilines is 1. The minimum Gasteiger partial charge on any atom is -0.481 e. The van der Waals surface area contributed by atoms with E-state index < -0.39 is 0 Å². The first kappa shape index (κ1) is 14.2. The summed E-state index contributed by atoms with van der Waals surface area (Å²) in [6, 6.07) is 1.67. The quantitative estimate of drug-likeness (QED) is 0.820. The number of nitrogens with one attached hydrogen (secondary N) is 1. The fourth-order valence-corrected chi connectivity index (χ4v) is 1.59. The van der Waals surface area contributed by atoms with Crippen LogP contribution < -0.4 is 10.1 Å². The van der Waals surface area contributed by atoms with Crippen molar-refractivity contribution in [2.45, 2.75) is 20.8 Å². The summed E-state index contributed by atoms with van der Waals surface area (Å²) < 4.78 is 5.05. The van der Waals surface area contributed by atoms with Gasteiger partial charge in [-0.2, -0.15) is 4.98 Å². The summed E-state index contributed by atoms with van der Waals surface area (Å²) >= 11 is 0. The summed E-state index contributed by atoms with van der Waals surface area (Å²) in [4.78, 5) is 21.8. The highest BCUT2D eigenvalue weighted by atomic mass is 16.5. The Labute approximate surface area is 107 Å². The maximum atomic E-state index is 11.8. The number of aryl methyl sites for hydroxylation is 1. The summed E-state index contributed by atoms with van der Waals surface area (Å²) in [5.41, 5.74) is 0. The number of hydrogen-bond acceptors (Lipinski definition) is 5. The van der Waals surface area contributed by atoms with E-state index in [2.05, 4.69) is 15.3 Å². The highest BCUT2D eigenvalue weighted by molar-refractivity contribution is 5.80. The molecule has 0 aromatic carbocycles. The molecule has 1 amide bonds. The molecule has 0 saturated carbocycles. The molecule has 0 aliphatic carbocycles. The van der Waals surface area contributed by atoms with Gasteiger partial charge in [0.25, 0.3) is 0 Å². The topological polar surface area (TPSA) is 67.4 Å². The zero-order valence-electron chi connectivity index (χ0n) is 11.4. The number of methoxy groups -OCH3 is 1. The fraction of sp³-hybridized carbons (Fsp3) is 0.583. The van der Waals surface area contributed by atoms with E-state index in [9.17, 15) is 4.79 Å². The summed E-state index contributed by atoms with van der Waals surface area (Å²) in [7, 11) is 1.55. The molecule has 0 unspecified atom stereocenters. The SMILES string of the molecule is CCN(CC)C(=O)CNc1cc(OC)nc(C)n1. The van der Waals surface area contributed by atoms with Crippen LogP contribution in [0.2, 0.25) is 0 Å². The van der Waals surface area contributed by atoms with Crippen LogP contribution >= 0.6 is 0 Å². The summed E-state index contributed by atoms with van der Waals surface area (Å²) in [5, 5.41) is 2.99. The van der Waals surface area contributed by atoms with Crippen molar-refractivity contribution >= 4 is 11.7 Å². The molecule has 1 aromatic heterocycles. The van der Waals surface area contributed by atoms with Gasteiger partial charge in [-0.3, -0.25) is 4.79 Å². The van der Waals surface area contributed by atoms with Crippen LogP contribution in [0.15, 0.2) is 6.07 Å². The largest absolute Gasteiger partial charge is 0.481 e. The molecule has 0 spiro atoms. The van der Waals surface area contributed by atoms with Crippen molar-refractivity contribution in [2.75, 3.05) is 32.1 Å². The smallest absolute Gasteiger partial charge is 0.241 e. The number of hydrogen-bond donors (Lipinski definition) is 1. The lowest BCUT2D eigenvalue weighted by Crippen LogP contribution is -2.35. The number of ether oxygens (including phenoxy) is 1. The first-order chi connectivity index (χ1) is 8.60. The Bertz CT molecular complexity index is 405. The van der Waals surface area contributed by atoms with Crippen LogP contribution in [0, 0.1) is 6.92 Å². The van der Waals surface area contributed by atoms with Gasteiger partial charge < -0.3 is 15.0 Å². The molecule has 18 heavy (non-hydrogen) atoms. The van der Waals surface area contributed by atoms with Gasteiger partial charge in [0, 0.05) is 19.2 Å². The Morgan fingerprint density at radius 2 is 2.06 bits per heavy atom. The summed E-state index contributed by atoms with van der Waals surface area (Å²) in [5.74, 6) is 1.74. The molecule has 6 nitrogen and oxygen atoms in total. The van der Waals surface area contributed by atoms with E-state index >= 15 is 0 Å². The molecular weight excluding hydrogens is 232 g/mol. The maximum absolute atomic E-state index is 11.8. The minimum atomic E-state index is 0.0511. The van der Waals surface area contributed by atoms with E-state index in [4.69, 9.17) is 4.74 Å². The normalized spacial score (nSPS) is 10.0. The Kier molecular flexibility index (Phi) is 5.35. The van der Waals surface area contributed by atoms with Crippen LogP contribution in [0.1, 0.15) is 19.7 Å². The monoisotopic (exact) mass is 252 g/mol. The van der Waals surface area contributed by atoms with Gasteiger partial charge in [-0.1, -0.05) is 0 Å². The van der Waals surface area contributed by atoms with Gasteiger partial charge in [-0.15, -0.1) is 0 Å². The third-order valence-electron chi connectivity index (χ3n) is 2.56. The first-order valence-electron chi connectivity index (χ1n) is 6.02. The van der Waals surface area contributed by atoms with Crippen LogP contribution in [0.4, 0.5) is 5.82 Å². The van der Waals surface area contributed by atoms with Crippen molar-refractivity contribution in [1.82, 2.24) is 14.9 Å². The lowest BCUT2D eigenvalue weighted by Gasteiger charge is -2.18. The highest BCUT2D eigenvalue weighted by Gasteiger charge is 2.09. The third kappa shape index (κ3) is 3.87. The second kappa shape index (κ2) is 6.78. The standard InChI is InChI=1S/C12H20N4O2/c1-5-16(6-2)12(17)8-13-10-7-11(18-4)15-9(3)14-10/h7H,5-6,8H2,1-4H3,(H,13,14,15). The van der Waals surface area contributed by atoms with E-state index in [0.717, 1.165) is 0 Å². The van der Waals surface area contributed by atoms with Gasteiger partial charge in [0.05, 0.1) is 13.7 Å². The Morgan fingerprint density at radius 1 is 1.39 bits per heavy atom. The average molecular weight is 252 g/mol. The summed E-state index contributed by atoms with van der Waals surface area (Å²) in [6.07, 6.45) is 0. The average Bonchev–Trinajstić information content (AvgIpc) is 2.37. The molecule has 0 bridgehead atoms. The van der Waals surface area contributed by atoms with E-state index in [1.165, 1.54) is 0 Å².